The van der Waals surface area contributed by atoms with Gasteiger partial charge < -0.3 is 0 Å². The van der Waals surface area contributed by atoms with Gasteiger partial charge in [-0.3, -0.25) is 6.08 Å². The van der Waals surface area contributed by atoms with Crippen LogP contribution in [0, 0.1) is 12.0 Å². The summed E-state index contributed by atoms with van der Waals surface area (Å²) in [7, 11) is 0. The number of hydrogen-bond acceptors (Lipinski definition) is 0. The fourth-order valence-corrected chi connectivity index (χ4v) is 1.07. The Hall–Kier alpha value is 0.363. The number of rotatable bonds is 3. The van der Waals surface area contributed by atoms with Crippen LogP contribution in [0.5, 0.6) is 0 Å². The van der Waals surface area contributed by atoms with E-state index in [4.69, 9.17) is 0 Å². The van der Waals surface area contributed by atoms with E-state index < -0.39 is 0 Å². The van der Waals surface area contributed by atoms with E-state index in [2.05, 4.69) is 32.1 Å². The van der Waals surface area contributed by atoms with Crippen LogP contribution in [0.15, 0.2) is 17.7 Å². The normalized spacial score (nSPS) is 15.0. The summed E-state index contributed by atoms with van der Waals surface area (Å²) in [6.07, 6.45) is 11.2. The third-order valence-corrected chi connectivity index (χ3v) is 1.78. The largest absolute Gasteiger partial charge is 0.273 e. The summed E-state index contributed by atoms with van der Waals surface area (Å²) in [5.74, 6) is 0.829. The fourth-order valence-electron chi connectivity index (χ4n) is 1.07. The van der Waals surface area contributed by atoms with E-state index in [0.717, 1.165) is 12.3 Å². The predicted octanol–water partition coefficient (Wildman–Crippen LogP) is 3.11. The molecule has 0 saturated heterocycles. The zero-order chi connectivity index (χ0) is 7.40. The Balaban J connectivity index is 0.000001000. The summed E-state index contributed by atoms with van der Waals surface area (Å²) in [6, 6.07) is 0. The molecule has 0 nitrogen and oxygen atoms in total. The van der Waals surface area contributed by atoms with Crippen molar-refractivity contribution in [3.63, 3.8) is 0 Å². The molecule has 60 valence electrons. The van der Waals surface area contributed by atoms with Crippen molar-refractivity contribution in [1.82, 2.24) is 0 Å². The van der Waals surface area contributed by atoms with Crippen LogP contribution in [0.2, 0.25) is 0 Å². The van der Waals surface area contributed by atoms with Crippen LogP contribution in [0.4, 0.5) is 0 Å². The Morgan fingerprint density at radius 2 is 2.27 bits per heavy atom. The summed E-state index contributed by atoms with van der Waals surface area (Å²) in [4.78, 5) is 0. The van der Waals surface area contributed by atoms with E-state index in [-0.39, 0.29) is 26.2 Å². The molecule has 0 bridgehead atoms. The molecule has 0 fully saturated rings. The second-order valence-corrected chi connectivity index (χ2v) is 3.26. The zero-order valence-corrected chi connectivity index (χ0v) is 9.81. The molecule has 0 aliphatic heterocycles. The van der Waals surface area contributed by atoms with Crippen LogP contribution >= 0.6 is 0 Å². The maximum Gasteiger partial charge on any atom is 0 e. The summed E-state index contributed by atoms with van der Waals surface area (Å²) < 4.78 is 0. The first-order valence-corrected chi connectivity index (χ1v) is 4.04. The van der Waals surface area contributed by atoms with E-state index >= 15 is 0 Å². The average molecular weight is 226 g/mol. The van der Waals surface area contributed by atoms with E-state index in [1.807, 2.05) is 0 Å². The maximum absolute atomic E-state index is 3.18. The van der Waals surface area contributed by atoms with Crippen molar-refractivity contribution in [3.8, 4) is 0 Å². The third kappa shape index (κ3) is 4.74. The molecule has 0 N–H and O–H groups in total. The minimum atomic E-state index is 0. The second-order valence-electron chi connectivity index (χ2n) is 3.26. The quantitative estimate of drug-likeness (QED) is 0.649. The minimum absolute atomic E-state index is 0. The van der Waals surface area contributed by atoms with Gasteiger partial charge in [-0.05, 0) is 5.92 Å². The molecule has 0 saturated carbocycles. The molecule has 0 aromatic carbocycles. The zero-order valence-electron chi connectivity index (χ0n) is 7.35. The monoisotopic (exact) mass is 225 g/mol. The van der Waals surface area contributed by atoms with Gasteiger partial charge in [0.15, 0.2) is 0 Å². The van der Waals surface area contributed by atoms with Crippen LogP contribution in [0.3, 0.4) is 0 Å². The predicted molar refractivity (Wildman–Crippen MR) is 44.6 cm³/mol. The Morgan fingerprint density at radius 3 is 2.73 bits per heavy atom. The molecule has 0 aromatic heterocycles. The van der Waals surface area contributed by atoms with Gasteiger partial charge >= 0.3 is 0 Å². The van der Waals surface area contributed by atoms with Crippen LogP contribution in [0.25, 0.3) is 0 Å². The maximum atomic E-state index is 3.18. The molecule has 0 atom stereocenters. The molecule has 1 rings (SSSR count). The van der Waals surface area contributed by atoms with Crippen LogP contribution in [-0.2, 0) is 26.2 Å². The van der Waals surface area contributed by atoms with Gasteiger partial charge in [0.1, 0.15) is 0 Å². The Morgan fingerprint density at radius 1 is 1.55 bits per heavy atom. The van der Waals surface area contributed by atoms with Crippen molar-refractivity contribution in [2.45, 2.75) is 33.1 Å². The Labute approximate surface area is 88.9 Å². The SMILES string of the molecule is CC(C)CCC1=CC[C-]=C1.[Zr]. The molecule has 11 heavy (non-hydrogen) atoms. The standard InChI is InChI=1S/C10H15.Zr/c1-9(2)7-8-10-5-3-4-6-10;/h5-6,9H,3,7-8H2,1-2H3;/q-1;. The molecule has 0 radical (unpaired) electrons. The molecule has 1 heteroatoms. The molecule has 1 aliphatic rings. The molecule has 0 amide bonds. The third-order valence-electron chi connectivity index (χ3n) is 1.78. The van der Waals surface area contributed by atoms with Crippen molar-refractivity contribution in [3.05, 3.63) is 23.8 Å². The molecule has 0 spiro atoms. The average Bonchev–Trinajstić information content (AvgIpc) is 2.34. The minimum Gasteiger partial charge on any atom is -0.273 e. The van der Waals surface area contributed by atoms with E-state index in [9.17, 15) is 0 Å². The van der Waals surface area contributed by atoms with E-state index in [1.165, 1.54) is 18.4 Å². The van der Waals surface area contributed by atoms with Crippen molar-refractivity contribution < 1.29 is 26.2 Å². The smallest absolute Gasteiger partial charge is 0 e. The van der Waals surface area contributed by atoms with E-state index in [0.29, 0.717) is 0 Å². The van der Waals surface area contributed by atoms with Crippen molar-refractivity contribution >= 4 is 0 Å². The van der Waals surface area contributed by atoms with Gasteiger partial charge in [-0.2, -0.15) is 6.08 Å². The number of hydrogen-bond donors (Lipinski definition) is 0. The second kappa shape index (κ2) is 5.94. The summed E-state index contributed by atoms with van der Waals surface area (Å²) in [5.41, 5.74) is 1.48. The van der Waals surface area contributed by atoms with Gasteiger partial charge in [0.25, 0.3) is 0 Å². The van der Waals surface area contributed by atoms with Gasteiger partial charge in [0, 0.05) is 26.2 Å². The Kier molecular flexibility index (Phi) is 6.14. The molecule has 0 heterocycles. The van der Waals surface area contributed by atoms with Gasteiger partial charge in [0.2, 0.25) is 0 Å². The number of allylic oxidation sites excluding steroid dienone is 4. The molecule has 1 aliphatic carbocycles. The fraction of sp³-hybridized carbons (Fsp3) is 0.600. The van der Waals surface area contributed by atoms with Gasteiger partial charge in [-0.25, -0.2) is 11.6 Å². The van der Waals surface area contributed by atoms with Crippen LogP contribution < -0.4 is 0 Å². The molecular weight excluding hydrogens is 211 g/mol. The summed E-state index contributed by atoms with van der Waals surface area (Å²) in [6.45, 7) is 4.53. The summed E-state index contributed by atoms with van der Waals surface area (Å²) in [5, 5.41) is 0. The summed E-state index contributed by atoms with van der Waals surface area (Å²) >= 11 is 0. The van der Waals surface area contributed by atoms with Gasteiger partial charge in [-0.1, -0.05) is 26.7 Å². The Bertz CT molecular complexity index is 154. The van der Waals surface area contributed by atoms with Crippen molar-refractivity contribution in [2.75, 3.05) is 0 Å². The molecule has 0 aromatic rings. The van der Waals surface area contributed by atoms with Crippen LogP contribution in [-0.4, -0.2) is 0 Å². The van der Waals surface area contributed by atoms with Crippen molar-refractivity contribution in [2.24, 2.45) is 5.92 Å². The van der Waals surface area contributed by atoms with Crippen LogP contribution in [0.1, 0.15) is 33.1 Å². The molecular formula is C10H15Zr-. The molecule has 0 unspecified atom stereocenters. The topological polar surface area (TPSA) is 0 Å². The first kappa shape index (κ1) is 11.4. The first-order valence-electron chi connectivity index (χ1n) is 4.04. The first-order chi connectivity index (χ1) is 4.79. The van der Waals surface area contributed by atoms with Crippen molar-refractivity contribution in [1.29, 1.82) is 0 Å². The van der Waals surface area contributed by atoms with Gasteiger partial charge in [-0.15, -0.1) is 6.42 Å². The van der Waals surface area contributed by atoms with E-state index in [1.54, 1.807) is 0 Å². The van der Waals surface area contributed by atoms with Gasteiger partial charge in [0.05, 0.1) is 0 Å².